The summed E-state index contributed by atoms with van der Waals surface area (Å²) in [5.74, 6) is -0.00595. The van der Waals surface area contributed by atoms with Crippen LogP contribution < -0.4 is 15.4 Å². The molecule has 1 atom stereocenters. The largest absolute Gasteiger partial charge is 0.468 e. The number of rotatable bonds is 11. The average molecular weight is 395 g/mol. The lowest BCUT2D eigenvalue weighted by Gasteiger charge is -2.33. The third-order valence-corrected chi connectivity index (χ3v) is 4.38. The molecule has 1 saturated heterocycles. The van der Waals surface area contributed by atoms with Gasteiger partial charge >= 0.3 is 5.97 Å². The first-order valence-corrected chi connectivity index (χ1v) is 9.26. The van der Waals surface area contributed by atoms with Gasteiger partial charge in [-0.2, -0.15) is 0 Å². The fourth-order valence-corrected chi connectivity index (χ4v) is 2.80. The summed E-state index contributed by atoms with van der Waals surface area (Å²) in [5.41, 5.74) is 0.483. The smallest absolute Gasteiger partial charge is 0.324 e. The van der Waals surface area contributed by atoms with E-state index in [0.29, 0.717) is 24.5 Å². The molecule has 0 saturated carbocycles. The maximum atomic E-state index is 12.4. The van der Waals surface area contributed by atoms with Crippen LogP contribution in [0.5, 0.6) is 5.75 Å². The molecule has 0 aliphatic carbocycles. The lowest BCUT2D eigenvalue weighted by molar-refractivity contribution is -0.147. The van der Waals surface area contributed by atoms with Crippen molar-refractivity contribution in [2.75, 3.05) is 67.0 Å². The zero-order valence-corrected chi connectivity index (χ0v) is 16.4. The summed E-state index contributed by atoms with van der Waals surface area (Å²) >= 11 is 0. The number of esters is 1. The molecule has 1 heterocycles. The standard InChI is InChI=1S/C19H29N3O6/c1-25-11-12-27-14-28-16-5-3-15(4-6-16)18(23)21-13-17(19(24)26-2)22-9-7-20-8-10-22/h3-6,17,20H,7-14H2,1-2H3,(H,21,23)/t17-/m0/s1. The quantitative estimate of drug-likeness (QED) is 0.304. The molecule has 1 aliphatic heterocycles. The van der Waals surface area contributed by atoms with Crippen molar-refractivity contribution in [3.8, 4) is 5.75 Å². The number of nitrogens with one attached hydrogen (secondary N) is 2. The highest BCUT2D eigenvalue weighted by Crippen LogP contribution is 2.12. The van der Waals surface area contributed by atoms with Crippen molar-refractivity contribution in [2.24, 2.45) is 0 Å². The summed E-state index contributed by atoms with van der Waals surface area (Å²) in [7, 11) is 2.96. The van der Waals surface area contributed by atoms with Crippen LogP contribution in [0, 0.1) is 0 Å². The number of hydrogen-bond acceptors (Lipinski definition) is 8. The number of hydrogen-bond donors (Lipinski definition) is 2. The van der Waals surface area contributed by atoms with Gasteiger partial charge in [0.2, 0.25) is 0 Å². The third-order valence-electron chi connectivity index (χ3n) is 4.38. The van der Waals surface area contributed by atoms with Crippen LogP contribution in [0.1, 0.15) is 10.4 Å². The van der Waals surface area contributed by atoms with Gasteiger partial charge in [-0.15, -0.1) is 0 Å². The SMILES string of the molecule is COCCOCOc1ccc(C(=O)NC[C@@H](C(=O)OC)N2CCNCC2)cc1. The molecule has 2 N–H and O–H groups in total. The van der Waals surface area contributed by atoms with E-state index in [1.54, 1.807) is 31.4 Å². The number of nitrogens with zero attached hydrogens (tertiary/aromatic N) is 1. The van der Waals surface area contributed by atoms with Crippen LogP contribution in [0.3, 0.4) is 0 Å². The van der Waals surface area contributed by atoms with Crippen LogP contribution in [-0.4, -0.2) is 89.8 Å². The minimum absolute atomic E-state index is 0.112. The molecule has 9 nitrogen and oxygen atoms in total. The van der Waals surface area contributed by atoms with Crippen LogP contribution in [0.25, 0.3) is 0 Å². The number of ether oxygens (including phenoxy) is 4. The minimum Gasteiger partial charge on any atom is -0.468 e. The summed E-state index contributed by atoms with van der Waals surface area (Å²) in [6, 6.07) is 6.23. The Morgan fingerprint density at radius 3 is 2.50 bits per heavy atom. The maximum absolute atomic E-state index is 12.4. The van der Waals surface area contributed by atoms with Gasteiger partial charge in [0.1, 0.15) is 11.8 Å². The molecule has 9 heteroatoms. The molecule has 1 aliphatic rings. The molecule has 156 valence electrons. The highest BCUT2D eigenvalue weighted by molar-refractivity contribution is 5.94. The molecule has 0 bridgehead atoms. The first-order chi connectivity index (χ1) is 13.7. The number of benzene rings is 1. The number of carbonyl (C=O) groups excluding carboxylic acids is 2. The maximum Gasteiger partial charge on any atom is 0.324 e. The summed E-state index contributed by atoms with van der Waals surface area (Å²) < 4.78 is 20.4. The van der Waals surface area contributed by atoms with E-state index in [4.69, 9.17) is 18.9 Å². The first-order valence-electron chi connectivity index (χ1n) is 9.26. The molecule has 0 unspecified atom stereocenters. The molecule has 28 heavy (non-hydrogen) atoms. The second-order valence-corrected chi connectivity index (χ2v) is 6.22. The molecule has 1 amide bonds. The van der Waals surface area contributed by atoms with E-state index in [1.807, 2.05) is 4.90 Å². The molecule has 1 fully saturated rings. The van der Waals surface area contributed by atoms with E-state index >= 15 is 0 Å². The zero-order valence-electron chi connectivity index (χ0n) is 16.4. The topological polar surface area (TPSA) is 98.4 Å². The Bertz CT molecular complexity index is 604. The summed E-state index contributed by atoms with van der Waals surface area (Å²) in [4.78, 5) is 26.5. The second-order valence-electron chi connectivity index (χ2n) is 6.22. The number of piperazine rings is 1. The fraction of sp³-hybridized carbons (Fsp3) is 0.579. The Morgan fingerprint density at radius 2 is 1.86 bits per heavy atom. The van der Waals surface area contributed by atoms with Gasteiger partial charge in [0, 0.05) is 45.4 Å². The molecule has 0 spiro atoms. The monoisotopic (exact) mass is 395 g/mol. The highest BCUT2D eigenvalue weighted by atomic mass is 16.7. The van der Waals surface area contributed by atoms with Crippen LogP contribution in [-0.2, 0) is 19.0 Å². The van der Waals surface area contributed by atoms with Gasteiger partial charge in [0.15, 0.2) is 6.79 Å². The van der Waals surface area contributed by atoms with E-state index in [2.05, 4.69) is 10.6 Å². The van der Waals surface area contributed by atoms with Crippen LogP contribution >= 0.6 is 0 Å². The molecule has 0 aromatic heterocycles. The normalized spacial score (nSPS) is 15.6. The summed E-state index contributed by atoms with van der Waals surface area (Å²) in [6.07, 6.45) is 0. The van der Waals surface area contributed by atoms with E-state index in [0.717, 1.165) is 26.2 Å². The van der Waals surface area contributed by atoms with Gasteiger partial charge in [0.05, 0.1) is 20.3 Å². The molecular formula is C19H29N3O6. The Labute approximate surface area is 165 Å². The van der Waals surface area contributed by atoms with Crippen molar-refractivity contribution in [2.45, 2.75) is 6.04 Å². The van der Waals surface area contributed by atoms with E-state index in [1.165, 1.54) is 7.11 Å². The van der Waals surface area contributed by atoms with Crippen LogP contribution in [0.4, 0.5) is 0 Å². The van der Waals surface area contributed by atoms with Gasteiger partial charge in [-0.3, -0.25) is 14.5 Å². The Kier molecular flexibility index (Phi) is 9.70. The second kappa shape index (κ2) is 12.3. The number of amides is 1. The van der Waals surface area contributed by atoms with E-state index in [-0.39, 0.29) is 25.2 Å². The van der Waals surface area contributed by atoms with Crippen molar-refractivity contribution in [3.05, 3.63) is 29.8 Å². The summed E-state index contributed by atoms with van der Waals surface area (Å²) in [5, 5.41) is 6.05. The van der Waals surface area contributed by atoms with Gasteiger partial charge in [-0.25, -0.2) is 0 Å². The lowest BCUT2D eigenvalue weighted by atomic mass is 10.1. The summed E-state index contributed by atoms with van der Waals surface area (Å²) in [6.45, 7) is 4.32. The molecule has 1 aromatic rings. The minimum atomic E-state index is -0.497. The van der Waals surface area contributed by atoms with Crippen molar-refractivity contribution in [3.63, 3.8) is 0 Å². The van der Waals surface area contributed by atoms with Gasteiger partial charge in [-0.1, -0.05) is 0 Å². The Hall–Kier alpha value is -2.20. The number of carbonyl (C=O) groups is 2. The molecule has 1 aromatic carbocycles. The van der Waals surface area contributed by atoms with Crippen molar-refractivity contribution >= 4 is 11.9 Å². The lowest BCUT2D eigenvalue weighted by Crippen LogP contribution is -2.55. The van der Waals surface area contributed by atoms with Crippen LogP contribution in [0.2, 0.25) is 0 Å². The molecule has 2 rings (SSSR count). The fourth-order valence-electron chi connectivity index (χ4n) is 2.80. The van der Waals surface area contributed by atoms with Gasteiger partial charge < -0.3 is 29.6 Å². The third kappa shape index (κ3) is 7.08. The van der Waals surface area contributed by atoms with Gasteiger partial charge in [-0.05, 0) is 24.3 Å². The van der Waals surface area contributed by atoms with Crippen molar-refractivity contribution < 1.29 is 28.5 Å². The zero-order chi connectivity index (χ0) is 20.2. The van der Waals surface area contributed by atoms with E-state index < -0.39 is 6.04 Å². The first kappa shape index (κ1) is 22.1. The van der Waals surface area contributed by atoms with Gasteiger partial charge in [0.25, 0.3) is 5.91 Å². The number of methoxy groups -OCH3 is 2. The van der Waals surface area contributed by atoms with Crippen LogP contribution in [0.15, 0.2) is 24.3 Å². The Balaban J connectivity index is 1.82. The van der Waals surface area contributed by atoms with Crippen molar-refractivity contribution in [1.82, 2.24) is 15.5 Å². The predicted octanol–water partition coefficient (Wildman–Crippen LogP) is -0.137. The Morgan fingerprint density at radius 1 is 1.14 bits per heavy atom. The molecular weight excluding hydrogens is 366 g/mol. The molecule has 0 radical (unpaired) electrons. The average Bonchev–Trinajstić information content (AvgIpc) is 2.74. The highest BCUT2D eigenvalue weighted by Gasteiger charge is 2.28. The predicted molar refractivity (Wildman–Crippen MR) is 102 cm³/mol. The van der Waals surface area contributed by atoms with Crippen molar-refractivity contribution in [1.29, 1.82) is 0 Å². The van der Waals surface area contributed by atoms with E-state index in [9.17, 15) is 9.59 Å².